The molecule has 3 rings (SSSR count). The van der Waals surface area contributed by atoms with Gasteiger partial charge in [-0.15, -0.1) is 0 Å². The Morgan fingerprint density at radius 1 is 1.13 bits per heavy atom. The molecule has 0 aromatic heterocycles. The van der Waals surface area contributed by atoms with Crippen LogP contribution in [-0.4, -0.2) is 30.8 Å². The summed E-state index contributed by atoms with van der Waals surface area (Å²) in [5, 5.41) is 8.90. The highest BCUT2D eigenvalue weighted by atomic mass is 19.1. The summed E-state index contributed by atoms with van der Waals surface area (Å²) in [4.78, 5) is 12.7. The van der Waals surface area contributed by atoms with Gasteiger partial charge in [0, 0.05) is 24.8 Å². The van der Waals surface area contributed by atoms with E-state index in [9.17, 15) is 9.18 Å². The predicted octanol–water partition coefficient (Wildman–Crippen LogP) is 6.39. The van der Waals surface area contributed by atoms with Crippen molar-refractivity contribution in [2.45, 2.75) is 59.0 Å². The minimum atomic E-state index is -0.851. The average molecular weight is 428 g/mol. The van der Waals surface area contributed by atoms with Crippen LogP contribution in [0, 0.1) is 17.2 Å². The van der Waals surface area contributed by atoms with E-state index >= 15 is 0 Å². The van der Waals surface area contributed by atoms with Gasteiger partial charge in [0.1, 0.15) is 11.6 Å². The highest BCUT2D eigenvalue weighted by molar-refractivity contribution is 5.71. The second-order valence-corrected chi connectivity index (χ2v) is 9.71. The fourth-order valence-corrected chi connectivity index (χ4v) is 4.34. The molecule has 2 aromatic carbocycles. The second-order valence-electron chi connectivity index (χ2n) is 9.71. The average Bonchev–Trinajstić information content (AvgIpc) is 2.72. The fourth-order valence-electron chi connectivity index (χ4n) is 4.34. The molecule has 0 saturated heterocycles. The summed E-state index contributed by atoms with van der Waals surface area (Å²) in [6, 6.07) is 12.5. The summed E-state index contributed by atoms with van der Waals surface area (Å²) >= 11 is 0. The summed E-state index contributed by atoms with van der Waals surface area (Å²) in [7, 11) is 1.81. The van der Waals surface area contributed by atoms with E-state index in [2.05, 4.69) is 20.8 Å². The smallest absolute Gasteiger partial charge is 0.305 e. The standard InChI is InChI=1S/C26H34FNO3/c1-26(2,3)19-8-11-21(12-9-19)31-22-7-5-6-18(16-22)23-17-20(10-13-24(23)27)28(4)15-14-25(29)30/h5-7,10,13,16-17,19,21H,8-9,11-12,14-15H2,1-4H3,(H,29,30). The lowest BCUT2D eigenvalue weighted by Gasteiger charge is -2.37. The monoisotopic (exact) mass is 427 g/mol. The normalized spacial score (nSPS) is 19.1. The van der Waals surface area contributed by atoms with Crippen LogP contribution in [-0.2, 0) is 4.79 Å². The molecule has 0 radical (unpaired) electrons. The number of anilines is 1. The molecule has 1 N–H and O–H groups in total. The number of halogens is 1. The first-order valence-corrected chi connectivity index (χ1v) is 11.1. The van der Waals surface area contributed by atoms with Crippen LogP contribution < -0.4 is 9.64 Å². The Balaban J connectivity index is 1.71. The third-order valence-corrected chi connectivity index (χ3v) is 6.40. The molecule has 1 aliphatic carbocycles. The first kappa shape index (κ1) is 23.1. The second kappa shape index (κ2) is 9.71. The molecule has 0 heterocycles. The van der Waals surface area contributed by atoms with Crippen molar-refractivity contribution in [3.05, 3.63) is 48.3 Å². The Morgan fingerprint density at radius 2 is 1.84 bits per heavy atom. The maximum absolute atomic E-state index is 14.6. The third kappa shape index (κ3) is 6.22. The highest BCUT2D eigenvalue weighted by Crippen LogP contribution is 2.39. The van der Waals surface area contributed by atoms with Crippen LogP contribution in [0.3, 0.4) is 0 Å². The molecule has 0 aliphatic heterocycles. The van der Waals surface area contributed by atoms with Crippen LogP contribution >= 0.6 is 0 Å². The van der Waals surface area contributed by atoms with Crippen molar-refractivity contribution >= 4 is 11.7 Å². The molecule has 0 bridgehead atoms. The van der Waals surface area contributed by atoms with Crippen molar-refractivity contribution in [3.63, 3.8) is 0 Å². The van der Waals surface area contributed by atoms with E-state index < -0.39 is 5.97 Å². The van der Waals surface area contributed by atoms with Gasteiger partial charge in [-0.25, -0.2) is 4.39 Å². The van der Waals surface area contributed by atoms with E-state index in [0.29, 0.717) is 17.5 Å². The molecule has 0 atom stereocenters. The van der Waals surface area contributed by atoms with Gasteiger partial charge in [-0.3, -0.25) is 4.79 Å². The lowest BCUT2D eigenvalue weighted by Crippen LogP contribution is -2.30. The molecular formula is C26H34FNO3. The van der Waals surface area contributed by atoms with E-state index in [1.54, 1.807) is 12.1 Å². The quantitative estimate of drug-likeness (QED) is 0.556. The number of ether oxygens (including phenoxy) is 1. The number of carboxylic acid groups (broad SMARTS) is 1. The van der Waals surface area contributed by atoms with Crippen LogP contribution in [0.5, 0.6) is 5.75 Å². The number of carboxylic acids is 1. The van der Waals surface area contributed by atoms with E-state index in [1.807, 2.05) is 36.2 Å². The van der Waals surface area contributed by atoms with Crippen molar-refractivity contribution in [1.29, 1.82) is 0 Å². The molecule has 0 unspecified atom stereocenters. The van der Waals surface area contributed by atoms with Crippen molar-refractivity contribution < 1.29 is 19.0 Å². The van der Waals surface area contributed by atoms with Crippen LogP contribution in [0.15, 0.2) is 42.5 Å². The molecule has 0 spiro atoms. The van der Waals surface area contributed by atoms with Crippen LogP contribution in [0.25, 0.3) is 11.1 Å². The number of rotatable bonds is 7. The van der Waals surface area contributed by atoms with E-state index in [-0.39, 0.29) is 18.3 Å². The highest BCUT2D eigenvalue weighted by Gasteiger charge is 2.30. The first-order chi connectivity index (χ1) is 14.6. The van der Waals surface area contributed by atoms with Gasteiger partial charge in [-0.1, -0.05) is 32.9 Å². The number of carbonyl (C=O) groups is 1. The molecule has 4 nitrogen and oxygen atoms in total. The predicted molar refractivity (Wildman–Crippen MR) is 123 cm³/mol. The van der Waals surface area contributed by atoms with Gasteiger partial charge in [0.25, 0.3) is 0 Å². The van der Waals surface area contributed by atoms with Crippen molar-refractivity contribution in [2.75, 3.05) is 18.5 Å². The van der Waals surface area contributed by atoms with Crippen molar-refractivity contribution in [3.8, 4) is 16.9 Å². The number of benzene rings is 2. The molecule has 168 valence electrons. The Morgan fingerprint density at radius 3 is 2.48 bits per heavy atom. The Kier molecular flexibility index (Phi) is 7.24. The maximum Gasteiger partial charge on any atom is 0.305 e. The fraction of sp³-hybridized carbons (Fsp3) is 0.500. The molecule has 1 aliphatic rings. The van der Waals surface area contributed by atoms with Gasteiger partial charge >= 0.3 is 5.97 Å². The Hall–Kier alpha value is -2.56. The molecule has 1 saturated carbocycles. The van der Waals surface area contributed by atoms with Crippen molar-refractivity contribution in [2.24, 2.45) is 11.3 Å². The summed E-state index contributed by atoms with van der Waals surface area (Å²) < 4.78 is 20.9. The first-order valence-electron chi connectivity index (χ1n) is 11.1. The summed E-state index contributed by atoms with van der Waals surface area (Å²) in [5.41, 5.74) is 2.36. The van der Waals surface area contributed by atoms with Crippen LogP contribution in [0.4, 0.5) is 10.1 Å². The zero-order valence-corrected chi connectivity index (χ0v) is 19.0. The lowest BCUT2D eigenvalue weighted by atomic mass is 9.72. The van der Waals surface area contributed by atoms with E-state index in [0.717, 1.165) is 35.8 Å². The van der Waals surface area contributed by atoms with Gasteiger partial charge in [0.05, 0.1) is 12.5 Å². The largest absolute Gasteiger partial charge is 0.490 e. The van der Waals surface area contributed by atoms with Gasteiger partial charge in [0.2, 0.25) is 0 Å². The number of nitrogens with zero attached hydrogens (tertiary/aromatic N) is 1. The minimum Gasteiger partial charge on any atom is -0.490 e. The zero-order valence-electron chi connectivity index (χ0n) is 19.0. The van der Waals surface area contributed by atoms with Gasteiger partial charge in [0.15, 0.2) is 0 Å². The maximum atomic E-state index is 14.6. The molecular weight excluding hydrogens is 393 g/mol. The van der Waals surface area contributed by atoms with Crippen molar-refractivity contribution in [1.82, 2.24) is 0 Å². The van der Waals surface area contributed by atoms with E-state index in [1.165, 1.54) is 18.9 Å². The summed E-state index contributed by atoms with van der Waals surface area (Å²) in [6.07, 6.45) is 4.67. The number of hydrogen-bond donors (Lipinski definition) is 1. The van der Waals surface area contributed by atoms with Crippen LogP contribution in [0.2, 0.25) is 0 Å². The Labute approximate surface area is 185 Å². The lowest BCUT2D eigenvalue weighted by molar-refractivity contribution is -0.136. The van der Waals surface area contributed by atoms with Crippen LogP contribution in [0.1, 0.15) is 52.9 Å². The Bertz CT molecular complexity index is 898. The van der Waals surface area contributed by atoms with Gasteiger partial charge < -0.3 is 14.7 Å². The molecule has 0 amide bonds. The summed E-state index contributed by atoms with van der Waals surface area (Å²) in [6.45, 7) is 7.29. The summed E-state index contributed by atoms with van der Waals surface area (Å²) in [5.74, 6) is 0.336. The topological polar surface area (TPSA) is 49.8 Å². The molecule has 2 aromatic rings. The molecule has 31 heavy (non-hydrogen) atoms. The zero-order chi connectivity index (χ0) is 22.6. The van der Waals surface area contributed by atoms with Gasteiger partial charge in [-0.2, -0.15) is 0 Å². The SMILES string of the molecule is CN(CCC(=O)O)c1ccc(F)c(-c2cccc(OC3CCC(C(C)(C)C)CC3)c2)c1. The van der Waals surface area contributed by atoms with Gasteiger partial charge in [-0.05, 0) is 72.9 Å². The van der Waals surface area contributed by atoms with E-state index in [4.69, 9.17) is 9.84 Å². The third-order valence-electron chi connectivity index (χ3n) is 6.40. The molecule has 5 heteroatoms. The minimum absolute atomic E-state index is 0.0317. The molecule has 1 fully saturated rings. The number of hydrogen-bond acceptors (Lipinski definition) is 3. The number of aliphatic carboxylic acids is 1.